The van der Waals surface area contributed by atoms with Crippen LogP contribution in [0.2, 0.25) is 0 Å². The number of anilines is 1. The predicted molar refractivity (Wildman–Crippen MR) is 93.7 cm³/mol. The Morgan fingerprint density at radius 1 is 1.00 bits per heavy atom. The second kappa shape index (κ2) is 7.86. The number of hydrogen-bond acceptors (Lipinski definition) is 4. The zero-order valence-electron chi connectivity index (χ0n) is 14.0. The van der Waals surface area contributed by atoms with Crippen LogP contribution in [0.15, 0.2) is 48.5 Å². The maximum Gasteiger partial charge on any atom is 0.224 e. The van der Waals surface area contributed by atoms with E-state index in [1.54, 1.807) is 18.2 Å². The van der Waals surface area contributed by atoms with E-state index in [1.165, 1.54) is 18.2 Å². The van der Waals surface area contributed by atoms with Gasteiger partial charge >= 0.3 is 0 Å². The average Bonchev–Trinajstić information content (AvgIpc) is 2.63. The van der Waals surface area contributed by atoms with Gasteiger partial charge in [0.05, 0.1) is 24.4 Å². The van der Waals surface area contributed by atoms with Crippen molar-refractivity contribution in [3.63, 3.8) is 0 Å². The van der Waals surface area contributed by atoms with Crippen LogP contribution in [-0.4, -0.2) is 15.9 Å². The molecule has 5 nitrogen and oxygen atoms in total. The van der Waals surface area contributed by atoms with E-state index >= 15 is 0 Å². The Labute approximate surface area is 153 Å². The molecule has 27 heavy (non-hydrogen) atoms. The third kappa shape index (κ3) is 4.60. The normalized spacial score (nSPS) is 10.6. The van der Waals surface area contributed by atoms with Gasteiger partial charge in [0.25, 0.3) is 0 Å². The first-order chi connectivity index (χ1) is 12.9. The minimum atomic E-state index is -0.782. The molecule has 0 aliphatic heterocycles. The van der Waals surface area contributed by atoms with Crippen molar-refractivity contribution in [1.82, 2.24) is 15.3 Å². The van der Waals surface area contributed by atoms with Gasteiger partial charge in [-0.25, -0.2) is 23.1 Å². The molecule has 0 radical (unpaired) electrons. The zero-order chi connectivity index (χ0) is 19.4. The Bertz CT molecular complexity index is 957. The van der Waals surface area contributed by atoms with E-state index in [-0.39, 0.29) is 23.9 Å². The molecule has 2 aromatic carbocycles. The van der Waals surface area contributed by atoms with E-state index in [0.29, 0.717) is 17.0 Å². The third-order valence-electron chi connectivity index (χ3n) is 3.80. The van der Waals surface area contributed by atoms with Crippen LogP contribution in [0, 0.1) is 17.5 Å². The van der Waals surface area contributed by atoms with E-state index in [1.807, 2.05) is 0 Å². The van der Waals surface area contributed by atoms with Crippen molar-refractivity contribution in [2.75, 3.05) is 5.73 Å². The Morgan fingerprint density at radius 2 is 1.67 bits per heavy atom. The number of nitrogens with one attached hydrogen (secondary N) is 1. The van der Waals surface area contributed by atoms with Gasteiger partial charge in [-0.2, -0.15) is 0 Å². The van der Waals surface area contributed by atoms with Crippen molar-refractivity contribution in [2.24, 2.45) is 0 Å². The van der Waals surface area contributed by atoms with Crippen molar-refractivity contribution in [1.29, 1.82) is 0 Å². The number of halogens is 3. The molecule has 3 rings (SSSR count). The number of nitrogens with zero attached hydrogens (tertiary/aromatic N) is 2. The first-order valence-corrected chi connectivity index (χ1v) is 8.01. The van der Waals surface area contributed by atoms with Crippen LogP contribution in [0.1, 0.15) is 11.3 Å². The SMILES string of the molecule is Nc1nc(CNC(=O)Cc2c(F)cccc2F)cc(-c2ccc(F)cc2)n1. The van der Waals surface area contributed by atoms with Crippen LogP contribution in [-0.2, 0) is 17.8 Å². The maximum atomic E-state index is 13.6. The summed E-state index contributed by atoms with van der Waals surface area (Å²) in [6, 6.07) is 10.7. The van der Waals surface area contributed by atoms with E-state index in [2.05, 4.69) is 15.3 Å². The minimum Gasteiger partial charge on any atom is -0.368 e. The fourth-order valence-corrected chi connectivity index (χ4v) is 2.49. The first-order valence-electron chi connectivity index (χ1n) is 8.01. The smallest absolute Gasteiger partial charge is 0.224 e. The molecule has 138 valence electrons. The Hall–Kier alpha value is -3.42. The number of nitrogens with two attached hydrogens (primary N) is 1. The molecule has 0 spiro atoms. The summed E-state index contributed by atoms with van der Waals surface area (Å²) in [5, 5.41) is 2.54. The summed E-state index contributed by atoms with van der Waals surface area (Å²) in [5.74, 6) is -2.53. The first kappa shape index (κ1) is 18.4. The molecule has 0 aliphatic carbocycles. The highest BCUT2D eigenvalue weighted by atomic mass is 19.1. The van der Waals surface area contributed by atoms with E-state index in [4.69, 9.17) is 5.73 Å². The van der Waals surface area contributed by atoms with E-state index in [9.17, 15) is 18.0 Å². The predicted octanol–water partition coefficient (Wildman–Crippen LogP) is 3.00. The lowest BCUT2D eigenvalue weighted by Gasteiger charge is -2.09. The molecular formula is C19H15F3N4O. The largest absolute Gasteiger partial charge is 0.368 e. The summed E-state index contributed by atoms with van der Waals surface area (Å²) in [4.78, 5) is 20.1. The van der Waals surface area contributed by atoms with Gasteiger partial charge in [-0.3, -0.25) is 4.79 Å². The standard InChI is InChI=1S/C19H15F3N4O/c20-12-6-4-11(5-7-12)17-8-13(25-19(23)26-17)10-24-18(27)9-14-15(21)2-1-3-16(14)22/h1-8H,9-10H2,(H,24,27)(H2,23,25,26). The minimum absolute atomic E-state index is 0.00415. The van der Waals surface area contributed by atoms with Crippen molar-refractivity contribution in [2.45, 2.75) is 13.0 Å². The molecule has 0 fully saturated rings. The number of benzene rings is 2. The lowest BCUT2D eigenvalue weighted by molar-refractivity contribution is -0.120. The molecule has 0 bridgehead atoms. The van der Waals surface area contributed by atoms with Crippen molar-refractivity contribution in [3.8, 4) is 11.3 Å². The third-order valence-corrected chi connectivity index (χ3v) is 3.80. The number of carbonyl (C=O) groups excluding carboxylic acids is 1. The number of rotatable bonds is 5. The fraction of sp³-hybridized carbons (Fsp3) is 0.105. The summed E-state index contributed by atoms with van der Waals surface area (Å²) >= 11 is 0. The molecule has 0 atom stereocenters. The highest BCUT2D eigenvalue weighted by Crippen LogP contribution is 2.19. The van der Waals surface area contributed by atoms with Crippen molar-refractivity contribution < 1.29 is 18.0 Å². The van der Waals surface area contributed by atoms with Gasteiger partial charge in [-0.1, -0.05) is 6.07 Å². The van der Waals surface area contributed by atoms with Crippen LogP contribution in [0.4, 0.5) is 19.1 Å². The number of hydrogen-bond donors (Lipinski definition) is 2. The van der Waals surface area contributed by atoms with Gasteiger partial charge in [0.1, 0.15) is 17.5 Å². The number of nitrogen functional groups attached to an aromatic ring is 1. The van der Waals surface area contributed by atoms with Gasteiger partial charge in [0.15, 0.2) is 0 Å². The van der Waals surface area contributed by atoms with Gasteiger partial charge in [0, 0.05) is 11.1 Å². The van der Waals surface area contributed by atoms with Gasteiger partial charge in [-0.05, 0) is 42.5 Å². The van der Waals surface area contributed by atoms with Gasteiger partial charge in [-0.15, -0.1) is 0 Å². The van der Waals surface area contributed by atoms with Crippen LogP contribution in [0.3, 0.4) is 0 Å². The maximum absolute atomic E-state index is 13.6. The number of amides is 1. The molecule has 0 aliphatic rings. The fourth-order valence-electron chi connectivity index (χ4n) is 2.49. The number of carbonyl (C=O) groups is 1. The zero-order valence-corrected chi connectivity index (χ0v) is 14.0. The second-order valence-corrected chi connectivity index (χ2v) is 5.76. The molecule has 0 saturated carbocycles. The summed E-state index contributed by atoms with van der Waals surface area (Å²) < 4.78 is 40.3. The van der Waals surface area contributed by atoms with Crippen LogP contribution in [0.25, 0.3) is 11.3 Å². The Balaban J connectivity index is 1.70. The second-order valence-electron chi connectivity index (χ2n) is 5.76. The molecule has 0 unspecified atom stereocenters. The van der Waals surface area contributed by atoms with Crippen molar-refractivity contribution in [3.05, 3.63) is 77.2 Å². The summed E-state index contributed by atoms with van der Waals surface area (Å²) in [6.45, 7) is -0.00415. The Morgan fingerprint density at radius 3 is 2.33 bits per heavy atom. The van der Waals surface area contributed by atoms with Crippen LogP contribution in [0.5, 0.6) is 0 Å². The molecule has 0 saturated heterocycles. The lowest BCUT2D eigenvalue weighted by Crippen LogP contribution is -2.26. The lowest BCUT2D eigenvalue weighted by atomic mass is 10.1. The van der Waals surface area contributed by atoms with E-state index in [0.717, 1.165) is 12.1 Å². The highest BCUT2D eigenvalue weighted by molar-refractivity contribution is 5.78. The molecule has 8 heteroatoms. The quantitative estimate of drug-likeness (QED) is 0.722. The van der Waals surface area contributed by atoms with Gasteiger partial charge < -0.3 is 11.1 Å². The molecule has 1 amide bonds. The van der Waals surface area contributed by atoms with Crippen LogP contribution < -0.4 is 11.1 Å². The van der Waals surface area contributed by atoms with Crippen LogP contribution >= 0.6 is 0 Å². The highest BCUT2D eigenvalue weighted by Gasteiger charge is 2.13. The molecule has 1 heterocycles. The van der Waals surface area contributed by atoms with E-state index < -0.39 is 24.0 Å². The summed E-state index contributed by atoms with van der Waals surface area (Å²) in [5.41, 5.74) is 6.89. The average molecular weight is 372 g/mol. The van der Waals surface area contributed by atoms with Crippen molar-refractivity contribution >= 4 is 11.9 Å². The monoisotopic (exact) mass is 372 g/mol. The summed E-state index contributed by atoms with van der Waals surface area (Å²) in [6.07, 6.45) is -0.441. The summed E-state index contributed by atoms with van der Waals surface area (Å²) in [7, 11) is 0. The van der Waals surface area contributed by atoms with Gasteiger partial charge in [0.2, 0.25) is 11.9 Å². The molecule has 1 aromatic heterocycles. The number of aromatic nitrogens is 2. The Kier molecular flexibility index (Phi) is 5.35. The molecular weight excluding hydrogens is 357 g/mol. The molecule has 3 aromatic rings. The topological polar surface area (TPSA) is 80.9 Å². The molecule has 3 N–H and O–H groups in total.